The van der Waals surface area contributed by atoms with Gasteiger partial charge >= 0.3 is 0 Å². The van der Waals surface area contributed by atoms with Gasteiger partial charge in [-0.2, -0.15) is 0 Å². The number of carbonyl (C=O) groups excluding carboxylic acids is 1. The van der Waals surface area contributed by atoms with Crippen LogP contribution in [0.4, 0.5) is 17.3 Å². The van der Waals surface area contributed by atoms with Crippen LogP contribution in [-0.4, -0.2) is 27.1 Å². The molecule has 0 aliphatic carbocycles. The molecule has 0 radical (unpaired) electrons. The maximum Gasteiger partial charge on any atom is 0.275 e. The lowest BCUT2D eigenvalue weighted by Gasteiger charge is -2.15. The fourth-order valence-corrected chi connectivity index (χ4v) is 2.22. The average molecular weight is 353 g/mol. The smallest absolute Gasteiger partial charge is 0.275 e. The summed E-state index contributed by atoms with van der Waals surface area (Å²) in [5.74, 6) is 1.70. The summed E-state index contributed by atoms with van der Waals surface area (Å²) in [7, 11) is 0. The van der Waals surface area contributed by atoms with E-state index in [9.17, 15) is 4.79 Å². The summed E-state index contributed by atoms with van der Waals surface area (Å²) in [5.41, 5.74) is 0.948. The van der Waals surface area contributed by atoms with E-state index in [1.807, 2.05) is 38.1 Å². The molecule has 2 heterocycles. The zero-order valence-electron chi connectivity index (χ0n) is 14.7. The third-order valence-electron chi connectivity index (χ3n) is 3.28. The Bertz CT molecular complexity index is 907. The maximum absolute atomic E-state index is 12.3. The summed E-state index contributed by atoms with van der Waals surface area (Å²) in [6.45, 7) is 5.65. The minimum absolute atomic E-state index is 0.0376. The summed E-state index contributed by atoms with van der Waals surface area (Å²) in [5, 5.41) is 9.50. The van der Waals surface area contributed by atoms with Crippen molar-refractivity contribution in [2.45, 2.75) is 26.9 Å². The van der Waals surface area contributed by atoms with Crippen molar-refractivity contribution in [3.05, 3.63) is 54.2 Å². The van der Waals surface area contributed by atoms with Crippen LogP contribution in [0.15, 0.2) is 47.2 Å². The summed E-state index contributed by atoms with van der Waals surface area (Å²) in [6.07, 6.45) is 1.35. The van der Waals surface area contributed by atoms with E-state index in [1.54, 1.807) is 19.1 Å². The highest BCUT2D eigenvalue weighted by molar-refractivity contribution is 6.02. The molecule has 1 aromatic carbocycles. The molecule has 0 saturated carbocycles. The van der Waals surface area contributed by atoms with Gasteiger partial charge in [-0.25, -0.2) is 9.97 Å². The Kier molecular flexibility index (Phi) is 5.12. The van der Waals surface area contributed by atoms with Gasteiger partial charge in [0.05, 0.1) is 11.8 Å². The first-order chi connectivity index (χ1) is 12.5. The van der Waals surface area contributed by atoms with Gasteiger partial charge in [0.2, 0.25) is 0 Å². The second-order valence-corrected chi connectivity index (χ2v) is 5.85. The third-order valence-corrected chi connectivity index (χ3v) is 3.28. The lowest BCUT2D eigenvalue weighted by Crippen LogP contribution is -2.14. The zero-order chi connectivity index (χ0) is 18.5. The van der Waals surface area contributed by atoms with Crippen LogP contribution in [0, 0.1) is 6.92 Å². The Labute approximate surface area is 150 Å². The SMILES string of the molecule is Cc1cc(NC(=O)c2cc(Nc3ccccc3OC(C)C)ncn2)no1. The van der Waals surface area contributed by atoms with Gasteiger partial charge in [0.1, 0.15) is 29.3 Å². The molecule has 134 valence electrons. The molecule has 2 N–H and O–H groups in total. The molecule has 0 aliphatic rings. The number of amides is 1. The third kappa shape index (κ3) is 4.35. The predicted molar refractivity (Wildman–Crippen MR) is 96.7 cm³/mol. The van der Waals surface area contributed by atoms with Crippen LogP contribution in [0.5, 0.6) is 5.75 Å². The Morgan fingerprint density at radius 2 is 1.96 bits per heavy atom. The van der Waals surface area contributed by atoms with E-state index in [-0.39, 0.29) is 11.8 Å². The Morgan fingerprint density at radius 1 is 1.15 bits per heavy atom. The van der Waals surface area contributed by atoms with Crippen LogP contribution in [0.1, 0.15) is 30.1 Å². The largest absolute Gasteiger partial charge is 0.489 e. The molecule has 3 rings (SSSR count). The molecular weight excluding hydrogens is 334 g/mol. The molecule has 26 heavy (non-hydrogen) atoms. The van der Waals surface area contributed by atoms with Crippen LogP contribution < -0.4 is 15.4 Å². The molecule has 8 nitrogen and oxygen atoms in total. The van der Waals surface area contributed by atoms with Gasteiger partial charge < -0.3 is 19.9 Å². The summed E-state index contributed by atoms with van der Waals surface area (Å²) < 4.78 is 10.7. The minimum Gasteiger partial charge on any atom is -0.489 e. The number of nitrogens with one attached hydrogen (secondary N) is 2. The van der Waals surface area contributed by atoms with Gasteiger partial charge in [0.15, 0.2) is 5.82 Å². The molecule has 8 heteroatoms. The van der Waals surface area contributed by atoms with E-state index in [4.69, 9.17) is 9.26 Å². The summed E-state index contributed by atoms with van der Waals surface area (Å²) in [6, 6.07) is 10.7. The highest BCUT2D eigenvalue weighted by Crippen LogP contribution is 2.27. The van der Waals surface area contributed by atoms with Crippen molar-refractivity contribution in [1.29, 1.82) is 0 Å². The first-order valence-corrected chi connectivity index (χ1v) is 8.10. The zero-order valence-corrected chi connectivity index (χ0v) is 14.7. The topological polar surface area (TPSA) is 102 Å². The normalized spacial score (nSPS) is 10.6. The second kappa shape index (κ2) is 7.64. The van der Waals surface area contributed by atoms with Gasteiger partial charge in [-0.3, -0.25) is 4.79 Å². The maximum atomic E-state index is 12.3. The lowest BCUT2D eigenvalue weighted by molar-refractivity contribution is 0.102. The van der Waals surface area contributed by atoms with Crippen molar-refractivity contribution in [1.82, 2.24) is 15.1 Å². The Hall–Kier alpha value is -3.42. The van der Waals surface area contributed by atoms with Crippen LogP contribution >= 0.6 is 0 Å². The molecule has 0 saturated heterocycles. The summed E-state index contributed by atoms with van der Waals surface area (Å²) in [4.78, 5) is 20.5. The van der Waals surface area contributed by atoms with Crippen LogP contribution in [0.2, 0.25) is 0 Å². The standard InChI is InChI=1S/C18H19N5O3/c1-11(2)25-15-7-5-4-6-13(15)21-16-9-14(19-10-20-16)18(24)22-17-8-12(3)26-23-17/h4-11H,1-3H3,(H,19,20,21)(H,22,23,24). The van der Waals surface area contributed by atoms with Gasteiger partial charge in [0, 0.05) is 12.1 Å². The number of nitrogens with zero attached hydrogens (tertiary/aromatic N) is 3. The van der Waals surface area contributed by atoms with Crippen molar-refractivity contribution >= 4 is 23.2 Å². The van der Waals surface area contributed by atoms with Crippen molar-refractivity contribution in [2.75, 3.05) is 10.6 Å². The quantitative estimate of drug-likeness (QED) is 0.698. The van der Waals surface area contributed by atoms with E-state index in [1.165, 1.54) is 6.33 Å². The van der Waals surface area contributed by atoms with Gasteiger partial charge in [-0.15, -0.1) is 0 Å². The lowest BCUT2D eigenvalue weighted by atomic mass is 10.2. The predicted octanol–water partition coefficient (Wildman–Crippen LogP) is 3.56. The van der Waals surface area contributed by atoms with Gasteiger partial charge in [0.25, 0.3) is 5.91 Å². The van der Waals surface area contributed by atoms with Crippen LogP contribution in [-0.2, 0) is 0 Å². The molecule has 0 unspecified atom stereocenters. The number of hydrogen-bond donors (Lipinski definition) is 2. The number of para-hydroxylation sites is 2. The number of carbonyl (C=O) groups is 1. The molecule has 2 aromatic heterocycles. The Balaban J connectivity index is 1.76. The highest BCUT2D eigenvalue weighted by Gasteiger charge is 2.12. The first kappa shape index (κ1) is 17.4. The van der Waals surface area contributed by atoms with Crippen LogP contribution in [0.3, 0.4) is 0 Å². The molecule has 3 aromatic rings. The molecule has 0 fully saturated rings. The average Bonchev–Trinajstić information content (AvgIpc) is 3.01. The van der Waals surface area contributed by atoms with Crippen molar-refractivity contribution in [2.24, 2.45) is 0 Å². The molecule has 0 bridgehead atoms. The number of aryl methyl sites for hydroxylation is 1. The number of rotatable bonds is 6. The fraction of sp³-hybridized carbons (Fsp3) is 0.222. The number of ether oxygens (including phenoxy) is 1. The monoisotopic (exact) mass is 353 g/mol. The van der Waals surface area contributed by atoms with E-state index in [2.05, 4.69) is 25.8 Å². The van der Waals surface area contributed by atoms with E-state index < -0.39 is 5.91 Å². The van der Waals surface area contributed by atoms with Crippen molar-refractivity contribution < 1.29 is 14.1 Å². The molecule has 0 atom stereocenters. The van der Waals surface area contributed by atoms with Crippen molar-refractivity contribution in [3.63, 3.8) is 0 Å². The van der Waals surface area contributed by atoms with Gasteiger partial charge in [-0.1, -0.05) is 17.3 Å². The Morgan fingerprint density at radius 3 is 2.69 bits per heavy atom. The second-order valence-electron chi connectivity index (χ2n) is 5.85. The molecule has 1 amide bonds. The van der Waals surface area contributed by atoms with Crippen molar-refractivity contribution in [3.8, 4) is 5.75 Å². The molecular formula is C18H19N5O3. The van der Waals surface area contributed by atoms with Crippen LogP contribution in [0.25, 0.3) is 0 Å². The number of aromatic nitrogens is 3. The van der Waals surface area contributed by atoms with Gasteiger partial charge in [-0.05, 0) is 32.9 Å². The van der Waals surface area contributed by atoms with E-state index in [0.29, 0.717) is 23.1 Å². The highest BCUT2D eigenvalue weighted by atomic mass is 16.5. The summed E-state index contributed by atoms with van der Waals surface area (Å²) >= 11 is 0. The number of benzene rings is 1. The molecule has 0 aliphatic heterocycles. The first-order valence-electron chi connectivity index (χ1n) is 8.10. The van der Waals surface area contributed by atoms with E-state index in [0.717, 1.165) is 5.69 Å². The molecule has 0 spiro atoms. The number of anilines is 3. The number of hydrogen-bond acceptors (Lipinski definition) is 7. The minimum atomic E-state index is -0.407. The van der Waals surface area contributed by atoms with E-state index >= 15 is 0 Å². The fourth-order valence-electron chi connectivity index (χ4n) is 2.22.